The van der Waals surface area contributed by atoms with Gasteiger partial charge in [-0.05, 0) is 12.1 Å². The minimum absolute atomic E-state index is 0.0628. The Kier molecular flexibility index (Phi) is 4.15. The highest BCUT2D eigenvalue weighted by molar-refractivity contribution is 5.85. The van der Waals surface area contributed by atoms with Crippen molar-refractivity contribution in [2.45, 2.75) is 6.10 Å². The first-order valence-electron chi connectivity index (χ1n) is 7.30. The van der Waals surface area contributed by atoms with E-state index in [4.69, 9.17) is 15.2 Å². The van der Waals surface area contributed by atoms with Gasteiger partial charge in [0.2, 0.25) is 5.91 Å². The molecule has 2 heterocycles. The number of amides is 2. The lowest BCUT2D eigenvalue weighted by molar-refractivity contribution is -0.142. The molecular weight excluding hydrogens is 286 g/mol. The molecule has 0 bridgehead atoms. The monoisotopic (exact) mass is 305 g/mol. The summed E-state index contributed by atoms with van der Waals surface area (Å²) in [6.07, 6.45) is -0.632. The van der Waals surface area contributed by atoms with Crippen LogP contribution in [0.25, 0.3) is 0 Å². The van der Waals surface area contributed by atoms with Gasteiger partial charge < -0.3 is 25.0 Å². The van der Waals surface area contributed by atoms with Crippen LogP contribution < -0.4 is 15.4 Å². The van der Waals surface area contributed by atoms with Crippen LogP contribution >= 0.6 is 0 Å². The van der Waals surface area contributed by atoms with Crippen LogP contribution in [0.2, 0.25) is 0 Å². The number of anilines is 1. The summed E-state index contributed by atoms with van der Waals surface area (Å²) >= 11 is 0. The molecule has 2 aliphatic heterocycles. The van der Waals surface area contributed by atoms with Crippen LogP contribution in [0, 0.1) is 0 Å². The van der Waals surface area contributed by atoms with Crippen molar-refractivity contribution in [1.82, 2.24) is 4.90 Å². The maximum atomic E-state index is 12.6. The van der Waals surface area contributed by atoms with Crippen molar-refractivity contribution in [3.63, 3.8) is 0 Å². The molecule has 0 aromatic heterocycles. The second-order valence-electron chi connectivity index (χ2n) is 5.36. The fourth-order valence-corrected chi connectivity index (χ4v) is 2.76. The first-order valence-corrected chi connectivity index (χ1v) is 7.30. The van der Waals surface area contributed by atoms with Crippen LogP contribution in [0.5, 0.6) is 5.75 Å². The molecule has 7 heteroatoms. The molecule has 1 fully saturated rings. The molecule has 0 radical (unpaired) electrons. The minimum atomic E-state index is -0.632. The van der Waals surface area contributed by atoms with E-state index < -0.39 is 12.0 Å². The predicted octanol–water partition coefficient (Wildman–Crippen LogP) is -0.402. The summed E-state index contributed by atoms with van der Waals surface area (Å²) in [5.74, 6) is 0.0863. The number of nitrogens with two attached hydrogens (primary N) is 1. The van der Waals surface area contributed by atoms with E-state index in [9.17, 15) is 9.59 Å². The van der Waals surface area contributed by atoms with Gasteiger partial charge in [0.05, 0.1) is 32.0 Å². The highest BCUT2D eigenvalue weighted by atomic mass is 16.5. The predicted molar refractivity (Wildman–Crippen MR) is 79.7 cm³/mol. The van der Waals surface area contributed by atoms with Crippen molar-refractivity contribution >= 4 is 17.5 Å². The van der Waals surface area contributed by atoms with Gasteiger partial charge >= 0.3 is 0 Å². The molecule has 1 aromatic carbocycles. The quantitative estimate of drug-likeness (QED) is 0.821. The molecule has 1 aromatic rings. The lowest BCUT2D eigenvalue weighted by Crippen LogP contribution is -2.54. The number of fused-ring (bicyclic) bond motifs is 1. The van der Waals surface area contributed by atoms with E-state index in [1.807, 2.05) is 18.2 Å². The number of benzene rings is 1. The maximum Gasteiger partial charge on any atom is 0.265 e. The van der Waals surface area contributed by atoms with Crippen LogP contribution in [-0.2, 0) is 14.3 Å². The van der Waals surface area contributed by atoms with Crippen molar-refractivity contribution in [2.75, 3.05) is 44.3 Å². The Morgan fingerprint density at radius 3 is 2.68 bits per heavy atom. The largest absolute Gasteiger partial charge is 0.477 e. The van der Waals surface area contributed by atoms with Crippen LogP contribution in [0.3, 0.4) is 0 Å². The van der Waals surface area contributed by atoms with E-state index in [0.29, 0.717) is 38.6 Å². The number of primary amides is 1. The molecule has 1 atom stereocenters. The van der Waals surface area contributed by atoms with Gasteiger partial charge in [0, 0.05) is 13.1 Å². The molecule has 22 heavy (non-hydrogen) atoms. The van der Waals surface area contributed by atoms with Crippen molar-refractivity contribution in [2.24, 2.45) is 5.73 Å². The number of rotatable bonds is 3. The van der Waals surface area contributed by atoms with E-state index in [1.54, 1.807) is 15.9 Å². The third kappa shape index (κ3) is 2.99. The number of hydrogen-bond donors (Lipinski definition) is 1. The standard InChI is InChI=1S/C15H19N3O4/c16-14(19)10-18-9-13(15(20)17-5-7-21-8-6-17)22-12-4-2-1-3-11(12)18/h1-4,13H,5-10H2,(H2,16,19)/t13-/m1/s1. The van der Waals surface area contributed by atoms with E-state index >= 15 is 0 Å². The Balaban J connectivity index is 1.79. The molecule has 1 saturated heterocycles. The molecule has 118 valence electrons. The van der Waals surface area contributed by atoms with Crippen molar-refractivity contribution < 1.29 is 19.1 Å². The summed E-state index contributed by atoms with van der Waals surface area (Å²) in [7, 11) is 0. The third-order valence-electron chi connectivity index (χ3n) is 3.81. The number of nitrogens with zero attached hydrogens (tertiary/aromatic N) is 2. The average molecular weight is 305 g/mol. The van der Waals surface area contributed by atoms with Gasteiger partial charge in [0.25, 0.3) is 5.91 Å². The topological polar surface area (TPSA) is 85.1 Å². The first kappa shape index (κ1) is 14.6. The molecule has 2 N–H and O–H groups in total. The highest BCUT2D eigenvalue weighted by Crippen LogP contribution is 2.33. The summed E-state index contributed by atoms with van der Waals surface area (Å²) in [5, 5.41) is 0. The van der Waals surface area contributed by atoms with Crippen molar-refractivity contribution in [3.8, 4) is 5.75 Å². The van der Waals surface area contributed by atoms with Crippen LogP contribution in [0.4, 0.5) is 5.69 Å². The van der Waals surface area contributed by atoms with Gasteiger partial charge in [-0.15, -0.1) is 0 Å². The van der Waals surface area contributed by atoms with Gasteiger partial charge in [-0.1, -0.05) is 12.1 Å². The molecule has 0 spiro atoms. The minimum Gasteiger partial charge on any atom is -0.477 e. The normalized spacial score (nSPS) is 21.0. The summed E-state index contributed by atoms with van der Waals surface area (Å²) in [4.78, 5) is 27.4. The average Bonchev–Trinajstić information content (AvgIpc) is 2.54. The Bertz CT molecular complexity index is 572. The number of hydrogen-bond acceptors (Lipinski definition) is 5. The van der Waals surface area contributed by atoms with E-state index in [1.165, 1.54) is 0 Å². The zero-order valence-corrected chi connectivity index (χ0v) is 12.2. The van der Waals surface area contributed by atoms with E-state index in [0.717, 1.165) is 5.69 Å². The summed E-state index contributed by atoms with van der Waals surface area (Å²) in [5.41, 5.74) is 6.10. The van der Waals surface area contributed by atoms with Gasteiger partial charge in [-0.3, -0.25) is 9.59 Å². The number of para-hydroxylation sites is 2. The summed E-state index contributed by atoms with van der Waals surface area (Å²) in [6.45, 7) is 2.59. The van der Waals surface area contributed by atoms with Gasteiger partial charge in [-0.25, -0.2) is 0 Å². The lowest BCUT2D eigenvalue weighted by atomic mass is 10.1. The van der Waals surface area contributed by atoms with Crippen molar-refractivity contribution in [1.29, 1.82) is 0 Å². The Morgan fingerprint density at radius 2 is 1.95 bits per heavy atom. The number of morpholine rings is 1. The van der Waals surface area contributed by atoms with Gasteiger partial charge in [0.1, 0.15) is 5.75 Å². The fraction of sp³-hybridized carbons (Fsp3) is 0.467. The first-order chi connectivity index (χ1) is 10.6. The summed E-state index contributed by atoms with van der Waals surface area (Å²) in [6, 6.07) is 7.35. The van der Waals surface area contributed by atoms with Gasteiger partial charge in [0.15, 0.2) is 6.10 Å². The Hall–Kier alpha value is -2.28. The Labute approximate surface area is 128 Å². The van der Waals surface area contributed by atoms with E-state index in [-0.39, 0.29) is 12.5 Å². The highest BCUT2D eigenvalue weighted by Gasteiger charge is 2.34. The third-order valence-corrected chi connectivity index (χ3v) is 3.81. The SMILES string of the molecule is NC(=O)CN1C[C@H](C(=O)N2CCOCC2)Oc2ccccc21. The smallest absolute Gasteiger partial charge is 0.265 e. The Morgan fingerprint density at radius 1 is 1.23 bits per heavy atom. The zero-order chi connectivity index (χ0) is 15.5. The lowest BCUT2D eigenvalue weighted by Gasteiger charge is -2.37. The molecular formula is C15H19N3O4. The molecule has 3 rings (SSSR count). The number of carbonyl (C=O) groups is 2. The molecule has 0 aliphatic carbocycles. The molecule has 0 saturated carbocycles. The number of ether oxygens (including phenoxy) is 2. The van der Waals surface area contributed by atoms with Crippen molar-refractivity contribution in [3.05, 3.63) is 24.3 Å². The fourth-order valence-electron chi connectivity index (χ4n) is 2.76. The second-order valence-corrected chi connectivity index (χ2v) is 5.36. The molecule has 2 aliphatic rings. The number of carbonyl (C=O) groups excluding carboxylic acids is 2. The molecule has 7 nitrogen and oxygen atoms in total. The maximum absolute atomic E-state index is 12.6. The second kappa shape index (κ2) is 6.23. The van der Waals surface area contributed by atoms with Crippen LogP contribution in [-0.4, -0.2) is 62.2 Å². The van der Waals surface area contributed by atoms with Crippen LogP contribution in [0.1, 0.15) is 0 Å². The van der Waals surface area contributed by atoms with Gasteiger partial charge in [-0.2, -0.15) is 0 Å². The van der Waals surface area contributed by atoms with E-state index in [2.05, 4.69) is 0 Å². The molecule has 0 unspecified atom stereocenters. The zero-order valence-electron chi connectivity index (χ0n) is 12.2. The van der Waals surface area contributed by atoms with Crippen LogP contribution in [0.15, 0.2) is 24.3 Å². The molecule has 2 amide bonds. The summed E-state index contributed by atoms with van der Waals surface area (Å²) < 4.78 is 11.1.